The highest BCUT2D eigenvalue weighted by Crippen LogP contribution is 2.28. The maximum Gasteiger partial charge on any atom is 0.342 e. The average Bonchev–Trinajstić information content (AvgIpc) is 3.11. The quantitative estimate of drug-likeness (QED) is 0.748. The Hall–Kier alpha value is -3.10. The summed E-state index contributed by atoms with van der Waals surface area (Å²) in [5.41, 5.74) is 5.10. The zero-order valence-electron chi connectivity index (χ0n) is 18.5. The van der Waals surface area contributed by atoms with Gasteiger partial charge in [-0.3, -0.25) is 19.8 Å². The topological polar surface area (TPSA) is 76.2 Å². The number of hydrogen-bond acceptors (Lipinski definition) is 5. The molecule has 0 aromatic heterocycles. The van der Waals surface area contributed by atoms with Crippen LogP contribution in [0.5, 0.6) is 0 Å². The van der Waals surface area contributed by atoms with Crippen LogP contribution in [0.25, 0.3) is 0 Å². The maximum absolute atomic E-state index is 12.8. The molecule has 0 unspecified atom stereocenters. The Kier molecular flexibility index (Phi) is 5.72. The number of carbonyl (C=O) groups excluding carboxylic acids is 3. The Balaban J connectivity index is 1.22. The van der Waals surface area contributed by atoms with Crippen LogP contribution >= 0.6 is 11.6 Å². The van der Waals surface area contributed by atoms with Gasteiger partial charge in [-0.05, 0) is 41.8 Å². The largest absolute Gasteiger partial charge is 0.369 e. The van der Waals surface area contributed by atoms with Crippen molar-refractivity contribution in [1.82, 2.24) is 20.2 Å². The molecule has 9 heteroatoms. The Bertz CT molecular complexity index is 1130. The normalized spacial score (nSPS) is 19.2. The lowest BCUT2D eigenvalue weighted by Crippen LogP contribution is -2.56. The van der Waals surface area contributed by atoms with E-state index in [1.54, 1.807) is 0 Å². The monoisotopic (exact) mass is 467 g/mol. The molecule has 0 aliphatic carbocycles. The highest BCUT2D eigenvalue weighted by atomic mass is 35.5. The number of urea groups is 1. The van der Waals surface area contributed by atoms with Crippen LogP contribution in [0.3, 0.4) is 0 Å². The fourth-order valence-electron chi connectivity index (χ4n) is 4.77. The van der Waals surface area contributed by atoms with E-state index in [4.69, 9.17) is 11.6 Å². The number of benzene rings is 2. The molecule has 0 saturated carbocycles. The van der Waals surface area contributed by atoms with Gasteiger partial charge in [-0.15, -0.1) is 0 Å². The molecule has 0 spiro atoms. The first-order valence-corrected chi connectivity index (χ1v) is 11.6. The fourth-order valence-corrected chi connectivity index (χ4v) is 4.93. The second kappa shape index (κ2) is 8.68. The number of imide groups is 1. The summed E-state index contributed by atoms with van der Waals surface area (Å²) in [5, 5.41) is 5.80. The first kappa shape index (κ1) is 21.7. The van der Waals surface area contributed by atoms with Gasteiger partial charge in [0, 0.05) is 55.4 Å². The molecule has 172 valence electrons. The van der Waals surface area contributed by atoms with E-state index in [2.05, 4.69) is 34.2 Å². The van der Waals surface area contributed by atoms with Crippen molar-refractivity contribution in [1.29, 1.82) is 0 Å². The first-order chi connectivity index (χ1) is 15.9. The van der Waals surface area contributed by atoms with Crippen molar-refractivity contribution >= 4 is 35.1 Å². The van der Waals surface area contributed by atoms with Gasteiger partial charge in [0.2, 0.25) is 5.91 Å². The van der Waals surface area contributed by atoms with Crippen molar-refractivity contribution in [3.63, 3.8) is 0 Å². The molecule has 3 heterocycles. The third kappa shape index (κ3) is 4.28. The molecule has 4 amide bonds. The van der Waals surface area contributed by atoms with Crippen LogP contribution in [0, 0.1) is 6.92 Å². The molecule has 3 aliphatic heterocycles. The zero-order chi connectivity index (χ0) is 23.1. The van der Waals surface area contributed by atoms with E-state index in [1.807, 2.05) is 24.3 Å². The number of hydrazine groups is 1. The van der Waals surface area contributed by atoms with E-state index in [1.165, 1.54) is 21.3 Å². The third-order valence-electron chi connectivity index (χ3n) is 6.57. The summed E-state index contributed by atoms with van der Waals surface area (Å²) in [4.78, 5) is 41.2. The predicted octanol–water partition coefficient (Wildman–Crippen LogP) is 2.78. The summed E-state index contributed by atoms with van der Waals surface area (Å²) in [6, 6.07) is 11.4. The lowest BCUT2D eigenvalue weighted by Gasteiger charge is -2.37. The highest BCUT2D eigenvalue weighted by molar-refractivity contribution is 6.30. The van der Waals surface area contributed by atoms with E-state index >= 15 is 0 Å². The van der Waals surface area contributed by atoms with Crippen LogP contribution in [-0.4, -0.2) is 65.5 Å². The summed E-state index contributed by atoms with van der Waals surface area (Å²) < 4.78 is 0. The minimum absolute atomic E-state index is 0.192. The number of hydrogen-bond donors (Lipinski definition) is 1. The Morgan fingerprint density at radius 1 is 0.939 bits per heavy atom. The molecular weight excluding hydrogens is 442 g/mol. The summed E-state index contributed by atoms with van der Waals surface area (Å²) in [5.74, 6) is -0.514. The smallest absolute Gasteiger partial charge is 0.342 e. The van der Waals surface area contributed by atoms with Crippen molar-refractivity contribution in [3.05, 3.63) is 63.7 Å². The second-order valence-corrected chi connectivity index (χ2v) is 9.21. The van der Waals surface area contributed by atoms with Crippen molar-refractivity contribution in [2.45, 2.75) is 26.4 Å². The SMILES string of the molecule is Cc1ccc(Cl)cc1N1CCN(Cc2ccc3c(c2)CN(N2CCC(=O)NC2=O)C3=O)CC1. The molecule has 5 rings (SSSR count). The van der Waals surface area contributed by atoms with Crippen LogP contribution < -0.4 is 10.2 Å². The van der Waals surface area contributed by atoms with Gasteiger partial charge in [0.05, 0.1) is 13.1 Å². The van der Waals surface area contributed by atoms with Gasteiger partial charge in [-0.2, -0.15) is 0 Å². The number of piperazine rings is 1. The summed E-state index contributed by atoms with van der Waals surface area (Å²) in [6.45, 7) is 7.22. The van der Waals surface area contributed by atoms with Crippen LogP contribution in [0.15, 0.2) is 36.4 Å². The molecule has 2 aromatic carbocycles. The number of rotatable bonds is 4. The standard InChI is InChI=1S/C24H26ClN5O3/c1-16-2-4-19(25)13-21(16)28-10-8-27(9-11-28)14-17-3-5-20-18(12-17)15-30(23(20)32)29-7-6-22(31)26-24(29)33/h2-5,12-13H,6-11,14-15H2,1H3,(H,26,31,33). The Morgan fingerprint density at radius 3 is 2.48 bits per heavy atom. The molecule has 2 aromatic rings. The Labute approximate surface area is 197 Å². The molecule has 1 N–H and O–H groups in total. The summed E-state index contributed by atoms with van der Waals surface area (Å²) >= 11 is 6.20. The van der Waals surface area contributed by atoms with Gasteiger partial charge in [0.1, 0.15) is 0 Å². The zero-order valence-corrected chi connectivity index (χ0v) is 19.3. The molecule has 33 heavy (non-hydrogen) atoms. The van der Waals surface area contributed by atoms with Gasteiger partial charge >= 0.3 is 6.03 Å². The molecule has 0 atom stereocenters. The van der Waals surface area contributed by atoms with E-state index < -0.39 is 6.03 Å². The van der Waals surface area contributed by atoms with E-state index in [0.717, 1.165) is 48.9 Å². The first-order valence-electron chi connectivity index (χ1n) is 11.2. The molecule has 3 aliphatic rings. The van der Waals surface area contributed by atoms with Crippen molar-refractivity contribution < 1.29 is 14.4 Å². The minimum atomic E-state index is -0.541. The van der Waals surface area contributed by atoms with E-state index in [-0.39, 0.29) is 24.8 Å². The van der Waals surface area contributed by atoms with E-state index in [0.29, 0.717) is 12.1 Å². The number of aryl methyl sites for hydroxylation is 1. The number of halogens is 1. The lowest BCUT2D eigenvalue weighted by molar-refractivity contribution is -0.123. The third-order valence-corrected chi connectivity index (χ3v) is 6.80. The maximum atomic E-state index is 12.8. The number of fused-ring (bicyclic) bond motifs is 1. The molecule has 8 nitrogen and oxygen atoms in total. The van der Waals surface area contributed by atoms with Crippen molar-refractivity contribution in [2.75, 3.05) is 37.6 Å². The van der Waals surface area contributed by atoms with Gasteiger partial charge in [-0.25, -0.2) is 14.8 Å². The van der Waals surface area contributed by atoms with Gasteiger partial charge in [0.15, 0.2) is 0 Å². The minimum Gasteiger partial charge on any atom is -0.369 e. The van der Waals surface area contributed by atoms with Crippen molar-refractivity contribution in [3.8, 4) is 0 Å². The summed E-state index contributed by atoms with van der Waals surface area (Å²) in [6.07, 6.45) is 0.192. The van der Waals surface area contributed by atoms with Crippen molar-refractivity contribution in [2.24, 2.45) is 0 Å². The highest BCUT2D eigenvalue weighted by Gasteiger charge is 2.37. The fraction of sp³-hybridized carbons (Fsp3) is 0.375. The van der Waals surface area contributed by atoms with Crippen LogP contribution in [0.1, 0.15) is 33.5 Å². The number of anilines is 1. The molecule has 2 saturated heterocycles. The van der Waals surface area contributed by atoms with E-state index in [9.17, 15) is 14.4 Å². The molecular formula is C24H26ClN5O3. The molecule has 0 radical (unpaired) electrons. The second-order valence-electron chi connectivity index (χ2n) is 8.77. The number of amides is 4. The van der Waals surface area contributed by atoms with Gasteiger partial charge in [-0.1, -0.05) is 29.8 Å². The van der Waals surface area contributed by atoms with Crippen LogP contribution in [0.2, 0.25) is 5.02 Å². The molecule has 2 fully saturated rings. The predicted molar refractivity (Wildman–Crippen MR) is 125 cm³/mol. The van der Waals surface area contributed by atoms with Crippen LogP contribution in [0.4, 0.5) is 10.5 Å². The Morgan fingerprint density at radius 2 is 1.73 bits per heavy atom. The number of carbonyl (C=O) groups is 3. The number of nitrogens with one attached hydrogen (secondary N) is 1. The van der Waals surface area contributed by atoms with Gasteiger partial charge < -0.3 is 4.90 Å². The summed E-state index contributed by atoms with van der Waals surface area (Å²) in [7, 11) is 0. The molecule has 0 bridgehead atoms. The number of nitrogens with zero attached hydrogens (tertiary/aromatic N) is 4. The lowest BCUT2D eigenvalue weighted by atomic mass is 10.1. The van der Waals surface area contributed by atoms with Crippen LogP contribution in [-0.2, 0) is 17.9 Å². The van der Waals surface area contributed by atoms with Gasteiger partial charge in [0.25, 0.3) is 5.91 Å². The average molecular weight is 468 g/mol.